The van der Waals surface area contributed by atoms with E-state index in [2.05, 4.69) is 18.2 Å². The second-order valence-corrected chi connectivity index (χ2v) is 3.78. The van der Waals surface area contributed by atoms with Gasteiger partial charge in [-0.3, -0.25) is 0 Å². The number of thioether (sulfide) groups is 1. The molecule has 0 spiro atoms. The largest absolute Gasteiger partial charge is 0.306 e. The number of likely N-dealkylation sites (tertiary alicyclic amines) is 1. The van der Waals surface area contributed by atoms with Crippen molar-refractivity contribution in [2.24, 2.45) is 5.92 Å². The van der Waals surface area contributed by atoms with Gasteiger partial charge < -0.3 is 4.90 Å². The fraction of sp³-hybridized carbons (Fsp3) is 1.00. The number of hydrogen-bond donors (Lipinski definition) is 0. The van der Waals surface area contributed by atoms with E-state index < -0.39 is 0 Å². The van der Waals surface area contributed by atoms with Crippen LogP contribution in [-0.4, -0.2) is 37.0 Å². The molecule has 0 aromatic rings. The first-order valence-corrected chi connectivity index (χ1v) is 4.90. The summed E-state index contributed by atoms with van der Waals surface area (Å²) in [5.74, 6) is 2.33. The Labute approximate surface area is 61.8 Å². The van der Waals surface area contributed by atoms with Crippen LogP contribution < -0.4 is 0 Å². The van der Waals surface area contributed by atoms with Gasteiger partial charge in [0.05, 0.1) is 0 Å². The van der Waals surface area contributed by atoms with Crippen molar-refractivity contribution in [3.63, 3.8) is 0 Å². The molecule has 0 radical (unpaired) electrons. The monoisotopic (exact) mass is 145 g/mol. The second kappa shape index (κ2) is 3.47. The van der Waals surface area contributed by atoms with Crippen LogP contribution in [0.3, 0.4) is 0 Å². The normalized spacial score (nSPS) is 29.3. The van der Waals surface area contributed by atoms with Gasteiger partial charge in [-0.2, -0.15) is 11.8 Å². The Morgan fingerprint density at radius 3 is 2.89 bits per heavy atom. The smallest absolute Gasteiger partial charge is 0.00150 e. The van der Waals surface area contributed by atoms with Crippen LogP contribution in [0.1, 0.15) is 6.42 Å². The zero-order valence-corrected chi connectivity index (χ0v) is 7.08. The van der Waals surface area contributed by atoms with Gasteiger partial charge in [0.2, 0.25) is 0 Å². The van der Waals surface area contributed by atoms with Crippen molar-refractivity contribution in [2.45, 2.75) is 6.42 Å². The molecule has 0 amide bonds. The van der Waals surface area contributed by atoms with E-state index in [9.17, 15) is 0 Å². The summed E-state index contributed by atoms with van der Waals surface area (Å²) in [5, 5.41) is 0. The highest BCUT2D eigenvalue weighted by molar-refractivity contribution is 7.98. The van der Waals surface area contributed by atoms with Gasteiger partial charge in [-0.15, -0.1) is 0 Å². The van der Waals surface area contributed by atoms with Crippen molar-refractivity contribution in [3.05, 3.63) is 0 Å². The van der Waals surface area contributed by atoms with E-state index >= 15 is 0 Å². The fourth-order valence-electron chi connectivity index (χ4n) is 1.40. The molecule has 1 heterocycles. The topological polar surface area (TPSA) is 3.24 Å². The maximum Gasteiger partial charge on any atom is 0.00150 e. The molecule has 0 bridgehead atoms. The van der Waals surface area contributed by atoms with Gasteiger partial charge in [0.1, 0.15) is 0 Å². The van der Waals surface area contributed by atoms with Gasteiger partial charge in [0.15, 0.2) is 0 Å². The Kier molecular flexibility index (Phi) is 2.86. The zero-order chi connectivity index (χ0) is 6.69. The maximum atomic E-state index is 2.42. The van der Waals surface area contributed by atoms with Crippen LogP contribution in [0.25, 0.3) is 0 Å². The summed E-state index contributed by atoms with van der Waals surface area (Å²) >= 11 is 1.97. The highest BCUT2D eigenvalue weighted by atomic mass is 32.2. The van der Waals surface area contributed by atoms with Crippen LogP contribution in [0.5, 0.6) is 0 Å². The molecule has 0 unspecified atom stereocenters. The van der Waals surface area contributed by atoms with E-state index in [4.69, 9.17) is 0 Å². The lowest BCUT2D eigenvalue weighted by Gasteiger charge is -2.07. The Hall–Kier alpha value is 0.310. The molecule has 9 heavy (non-hydrogen) atoms. The summed E-state index contributed by atoms with van der Waals surface area (Å²) in [6.45, 7) is 2.63. The van der Waals surface area contributed by atoms with Gasteiger partial charge in [0, 0.05) is 6.54 Å². The Balaban J connectivity index is 2.14. The van der Waals surface area contributed by atoms with E-state index in [1.165, 1.54) is 25.3 Å². The summed E-state index contributed by atoms with van der Waals surface area (Å²) in [6, 6.07) is 0. The van der Waals surface area contributed by atoms with Gasteiger partial charge >= 0.3 is 0 Å². The quantitative estimate of drug-likeness (QED) is 0.576. The maximum absolute atomic E-state index is 2.42. The molecule has 1 nitrogen and oxygen atoms in total. The third-order valence-electron chi connectivity index (χ3n) is 1.89. The Morgan fingerprint density at radius 2 is 2.44 bits per heavy atom. The molecule has 1 atom stereocenters. The third kappa shape index (κ3) is 2.18. The van der Waals surface area contributed by atoms with E-state index in [-0.39, 0.29) is 0 Å². The number of rotatable bonds is 2. The third-order valence-corrected chi connectivity index (χ3v) is 2.70. The molecule has 0 aromatic heterocycles. The van der Waals surface area contributed by atoms with Crippen LogP contribution in [0.2, 0.25) is 0 Å². The molecule has 1 saturated heterocycles. The fourth-order valence-corrected chi connectivity index (χ4v) is 2.14. The van der Waals surface area contributed by atoms with Crippen LogP contribution in [0.4, 0.5) is 0 Å². The molecule has 1 aliphatic rings. The second-order valence-electron chi connectivity index (χ2n) is 2.87. The van der Waals surface area contributed by atoms with Crippen molar-refractivity contribution in [2.75, 3.05) is 32.1 Å². The van der Waals surface area contributed by atoms with E-state index in [0.717, 1.165) is 5.92 Å². The molecule has 1 fully saturated rings. The minimum atomic E-state index is 0.977. The SMILES string of the molecule is CSC[C@H]1CCN(C)C1. The molecular weight excluding hydrogens is 130 g/mol. The van der Waals surface area contributed by atoms with Crippen LogP contribution in [0, 0.1) is 5.92 Å². The first-order valence-electron chi connectivity index (χ1n) is 3.50. The molecule has 0 aromatic carbocycles. The van der Waals surface area contributed by atoms with Crippen LogP contribution in [0.15, 0.2) is 0 Å². The molecule has 54 valence electrons. The lowest BCUT2D eigenvalue weighted by molar-refractivity contribution is 0.403. The van der Waals surface area contributed by atoms with Crippen molar-refractivity contribution in [3.8, 4) is 0 Å². The van der Waals surface area contributed by atoms with Gasteiger partial charge in [-0.05, 0) is 37.9 Å². The first-order chi connectivity index (χ1) is 4.33. The summed E-state index contributed by atoms with van der Waals surface area (Å²) in [4.78, 5) is 2.42. The molecule has 1 rings (SSSR count). The predicted octanol–water partition coefficient (Wildman–Crippen LogP) is 1.30. The minimum Gasteiger partial charge on any atom is -0.306 e. The first kappa shape index (κ1) is 7.42. The average Bonchev–Trinajstić information content (AvgIpc) is 2.17. The lowest BCUT2D eigenvalue weighted by Crippen LogP contribution is -2.14. The number of nitrogens with zero attached hydrogens (tertiary/aromatic N) is 1. The van der Waals surface area contributed by atoms with Gasteiger partial charge in [-0.25, -0.2) is 0 Å². The van der Waals surface area contributed by atoms with Crippen molar-refractivity contribution in [1.82, 2.24) is 4.90 Å². The van der Waals surface area contributed by atoms with E-state index in [1.807, 2.05) is 11.8 Å². The lowest BCUT2D eigenvalue weighted by atomic mass is 10.2. The molecule has 0 N–H and O–H groups in total. The molecule has 1 aliphatic heterocycles. The van der Waals surface area contributed by atoms with Gasteiger partial charge in [-0.1, -0.05) is 0 Å². The predicted molar refractivity (Wildman–Crippen MR) is 44.0 cm³/mol. The van der Waals surface area contributed by atoms with Gasteiger partial charge in [0.25, 0.3) is 0 Å². The van der Waals surface area contributed by atoms with Crippen LogP contribution in [-0.2, 0) is 0 Å². The molecule has 0 saturated carbocycles. The highest BCUT2D eigenvalue weighted by Gasteiger charge is 2.17. The zero-order valence-electron chi connectivity index (χ0n) is 6.26. The summed E-state index contributed by atoms with van der Waals surface area (Å²) in [6.07, 6.45) is 3.61. The van der Waals surface area contributed by atoms with Crippen molar-refractivity contribution in [1.29, 1.82) is 0 Å². The molecule has 0 aliphatic carbocycles. The Morgan fingerprint density at radius 1 is 1.67 bits per heavy atom. The van der Waals surface area contributed by atoms with Crippen molar-refractivity contribution >= 4 is 11.8 Å². The minimum absolute atomic E-state index is 0.977. The van der Waals surface area contributed by atoms with E-state index in [0.29, 0.717) is 0 Å². The molecule has 2 heteroatoms. The average molecular weight is 145 g/mol. The Bertz CT molecular complexity index is 83.0. The van der Waals surface area contributed by atoms with E-state index in [1.54, 1.807) is 0 Å². The summed E-state index contributed by atoms with van der Waals surface area (Å²) in [5.41, 5.74) is 0. The number of hydrogen-bond acceptors (Lipinski definition) is 2. The van der Waals surface area contributed by atoms with Crippen molar-refractivity contribution < 1.29 is 0 Å². The highest BCUT2D eigenvalue weighted by Crippen LogP contribution is 2.17. The summed E-state index contributed by atoms with van der Waals surface area (Å²) in [7, 11) is 2.21. The molecular formula is C7H15NS. The summed E-state index contributed by atoms with van der Waals surface area (Å²) < 4.78 is 0. The van der Waals surface area contributed by atoms with Crippen LogP contribution >= 0.6 is 11.8 Å². The standard InChI is InChI=1S/C7H15NS/c1-8-4-3-7(5-8)6-9-2/h7H,3-6H2,1-2H3/t7-/m0/s1.